The molecule has 0 spiro atoms. The SMILES string of the molecule is Cc1cc(COc2ccc(NC(=O)C3CCN(C(=O)c4ccccn4)C[C@@H]3C(=O)NO)cc2)c2ccccc2n1. The molecule has 40 heavy (non-hydrogen) atoms. The van der Waals surface area contributed by atoms with Crippen molar-refractivity contribution in [2.45, 2.75) is 20.0 Å². The Bertz CT molecular complexity index is 1530. The molecular formula is C30H29N5O5. The van der Waals surface area contributed by atoms with Crippen LogP contribution in [0.2, 0.25) is 0 Å². The molecule has 1 unspecified atom stereocenters. The number of para-hydroxylation sites is 1. The highest BCUT2D eigenvalue weighted by molar-refractivity contribution is 5.97. The van der Waals surface area contributed by atoms with E-state index in [0.29, 0.717) is 18.0 Å². The molecule has 10 heteroatoms. The highest BCUT2D eigenvalue weighted by Crippen LogP contribution is 2.27. The Balaban J connectivity index is 1.22. The first-order valence-corrected chi connectivity index (χ1v) is 13.0. The van der Waals surface area contributed by atoms with Crippen LogP contribution in [-0.2, 0) is 16.2 Å². The highest BCUT2D eigenvalue weighted by atomic mass is 16.5. The predicted molar refractivity (Wildman–Crippen MR) is 148 cm³/mol. The minimum atomic E-state index is -0.923. The van der Waals surface area contributed by atoms with Gasteiger partial charge in [0, 0.05) is 41.6 Å². The number of piperidine rings is 1. The third kappa shape index (κ3) is 5.92. The van der Waals surface area contributed by atoms with Crippen LogP contribution in [0.25, 0.3) is 10.9 Å². The number of nitrogens with zero attached hydrogens (tertiary/aromatic N) is 3. The number of nitrogens with one attached hydrogen (secondary N) is 2. The first-order chi connectivity index (χ1) is 19.4. The maximum absolute atomic E-state index is 13.2. The number of carbonyl (C=O) groups is 3. The number of carbonyl (C=O) groups excluding carboxylic acids is 3. The van der Waals surface area contributed by atoms with Gasteiger partial charge in [-0.1, -0.05) is 24.3 Å². The molecule has 3 amide bonds. The zero-order valence-electron chi connectivity index (χ0n) is 21.9. The fraction of sp³-hybridized carbons (Fsp3) is 0.233. The van der Waals surface area contributed by atoms with Gasteiger partial charge in [-0.2, -0.15) is 0 Å². The van der Waals surface area contributed by atoms with E-state index in [2.05, 4.69) is 15.3 Å². The van der Waals surface area contributed by atoms with Gasteiger partial charge in [-0.05, 0) is 61.9 Å². The number of hydrogen-bond acceptors (Lipinski definition) is 7. The fourth-order valence-electron chi connectivity index (χ4n) is 4.99. The summed E-state index contributed by atoms with van der Waals surface area (Å²) in [6.07, 6.45) is 1.77. The number of pyridine rings is 2. The summed E-state index contributed by atoms with van der Waals surface area (Å²) in [6, 6.07) is 21.9. The standard InChI is InChI=1S/C30H29N5O5/c1-19-16-20(23-6-2-3-7-26(23)32-19)18-40-22-11-9-21(10-12-22)33-28(36)24-13-15-35(17-25(24)29(37)34-39)30(38)27-8-4-5-14-31-27/h2-12,14,16,24-25,39H,13,15,17-18H2,1H3,(H,33,36)(H,34,37)/t24?,25-/m0/s1. The summed E-state index contributed by atoms with van der Waals surface area (Å²) in [7, 11) is 0. The van der Waals surface area contributed by atoms with E-state index in [-0.39, 0.29) is 37.0 Å². The number of hydroxylamine groups is 1. The van der Waals surface area contributed by atoms with Gasteiger partial charge in [0.2, 0.25) is 11.8 Å². The number of hydrogen-bond donors (Lipinski definition) is 3. The Labute approximate surface area is 231 Å². The molecule has 0 saturated carbocycles. The van der Waals surface area contributed by atoms with Gasteiger partial charge < -0.3 is 15.0 Å². The summed E-state index contributed by atoms with van der Waals surface area (Å²) in [5.41, 5.74) is 5.29. The molecule has 4 aromatic rings. The van der Waals surface area contributed by atoms with Gasteiger partial charge in [-0.25, -0.2) is 5.48 Å². The molecule has 2 atom stereocenters. The maximum atomic E-state index is 13.2. The fourth-order valence-corrected chi connectivity index (χ4v) is 4.99. The Morgan fingerprint density at radius 2 is 1.77 bits per heavy atom. The molecule has 1 saturated heterocycles. The third-order valence-corrected chi connectivity index (χ3v) is 7.01. The lowest BCUT2D eigenvalue weighted by Crippen LogP contribution is -2.52. The van der Waals surface area contributed by atoms with Gasteiger partial charge in [-0.15, -0.1) is 0 Å². The molecule has 0 radical (unpaired) electrons. The van der Waals surface area contributed by atoms with Crippen molar-refractivity contribution in [3.8, 4) is 5.75 Å². The monoisotopic (exact) mass is 539 g/mol. The number of ether oxygens (including phenoxy) is 1. The van der Waals surface area contributed by atoms with Crippen LogP contribution in [0, 0.1) is 18.8 Å². The van der Waals surface area contributed by atoms with Gasteiger partial charge in [-0.3, -0.25) is 29.6 Å². The van der Waals surface area contributed by atoms with E-state index < -0.39 is 17.7 Å². The second-order valence-corrected chi connectivity index (χ2v) is 9.69. The lowest BCUT2D eigenvalue weighted by Gasteiger charge is -2.36. The zero-order valence-corrected chi connectivity index (χ0v) is 21.9. The molecule has 1 aliphatic heterocycles. The molecule has 2 aromatic heterocycles. The number of likely N-dealkylation sites (tertiary alicyclic amines) is 1. The number of aryl methyl sites for hydroxylation is 1. The molecule has 5 rings (SSSR count). The molecule has 0 bridgehead atoms. The van der Waals surface area contributed by atoms with E-state index >= 15 is 0 Å². The van der Waals surface area contributed by atoms with Crippen molar-refractivity contribution in [1.82, 2.24) is 20.3 Å². The minimum absolute atomic E-state index is 0.0180. The van der Waals surface area contributed by atoms with E-state index in [1.54, 1.807) is 47.9 Å². The number of rotatable bonds is 7. The molecule has 10 nitrogen and oxygen atoms in total. The normalized spacial score (nSPS) is 16.8. The summed E-state index contributed by atoms with van der Waals surface area (Å²) in [6.45, 7) is 2.57. The summed E-state index contributed by atoms with van der Waals surface area (Å²) < 4.78 is 6.00. The predicted octanol–water partition coefficient (Wildman–Crippen LogP) is 3.74. The molecule has 0 aliphatic carbocycles. The Morgan fingerprint density at radius 3 is 2.52 bits per heavy atom. The lowest BCUT2D eigenvalue weighted by molar-refractivity contribution is -0.141. The van der Waals surface area contributed by atoms with Gasteiger partial charge in [0.1, 0.15) is 18.1 Å². The van der Waals surface area contributed by atoms with E-state index in [4.69, 9.17) is 4.74 Å². The van der Waals surface area contributed by atoms with Crippen LogP contribution >= 0.6 is 0 Å². The average Bonchev–Trinajstić information content (AvgIpc) is 2.99. The van der Waals surface area contributed by atoms with Crippen molar-refractivity contribution in [1.29, 1.82) is 0 Å². The van der Waals surface area contributed by atoms with Crippen molar-refractivity contribution in [3.05, 3.63) is 95.9 Å². The third-order valence-electron chi connectivity index (χ3n) is 7.01. The van der Waals surface area contributed by atoms with Crippen molar-refractivity contribution in [2.75, 3.05) is 18.4 Å². The van der Waals surface area contributed by atoms with Crippen LogP contribution in [0.4, 0.5) is 5.69 Å². The second kappa shape index (κ2) is 11.9. The largest absolute Gasteiger partial charge is 0.489 e. The summed E-state index contributed by atoms with van der Waals surface area (Å²) in [4.78, 5) is 48.6. The minimum Gasteiger partial charge on any atom is -0.489 e. The Hall–Kier alpha value is -4.83. The topological polar surface area (TPSA) is 134 Å². The smallest absolute Gasteiger partial charge is 0.272 e. The molecule has 1 aliphatic rings. The molecule has 1 fully saturated rings. The van der Waals surface area contributed by atoms with Crippen LogP contribution in [0.5, 0.6) is 5.75 Å². The Morgan fingerprint density at radius 1 is 1.00 bits per heavy atom. The van der Waals surface area contributed by atoms with E-state index in [1.165, 1.54) is 11.1 Å². The number of aromatic nitrogens is 2. The maximum Gasteiger partial charge on any atom is 0.272 e. The lowest BCUT2D eigenvalue weighted by atomic mass is 9.84. The first kappa shape index (κ1) is 26.8. The number of benzene rings is 2. The van der Waals surface area contributed by atoms with Gasteiger partial charge >= 0.3 is 0 Å². The molecule has 3 N–H and O–H groups in total. The van der Waals surface area contributed by atoms with Crippen LogP contribution in [-0.4, -0.2) is 50.9 Å². The van der Waals surface area contributed by atoms with Crippen molar-refractivity contribution >= 4 is 34.3 Å². The zero-order chi connectivity index (χ0) is 28.1. The van der Waals surface area contributed by atoms with Crippen LogP contribution < -0.4 is 15.5 Å². The summed E-state index contributed by atoms with van der Waals surface area (Å²) in [5, 5.41) is 13.2. The number of fused-ring (bicyclic) bond motifs is 1. The van der Waals surface area contributed by atoms with Crippen LogP contribution in [0.3, 0.4) is 0 Å². The summed E-state index contributed by atoms with van der Waals surface area (Å²) in [5.74, 6) is -2.45. The molecular weight excluding hydrogens is 510 g/mol. The van der Waals surface area contributed by atoms with Crippen molar-refractivity contribution < 1.29 is 24.3 Å². The van der Waals surface area contributed by atoms with Crippen molar-refractivity contribution in [2.24, 2.45) is 11.8 Å². The molecule has 2 aromatic carbocycles. The first-order valence-electron chi connectivity index (χ1n) is 13.0. The van der Waals surface area contributed by atoms with Crippen LogP contribution in [0.1, 0.15) is 28.2 Å². The van der Waals surface area contributed by atoms with E-state index in [1.807, 2.05) is 37.3 Å². The number of anilines is 1. The van der Waals surface area contributed by atoms with Crippen LogP contribution in [0.15, 0.2) is 79.0 Å². The van der Waals surface area contributed by atoms with Gasteiger partial charge in [0.25, 0.3) is 5.91 Å². The van der Waals surface area contributed by atoms with Gasteiger partial charge in [0.15, 0.2) is 0 Å². The molecule has 3 heterocycles. The Kier molecular flexibility index (Phi) is 7.97. The van der Waals surface area contributed by atoms with E-state index in [0.717, 1.165) is 22.2 Å². The van der Waals surface area contributed by atoms with E-state index in [9.17, 15) is 19.6 Å². The van der Waals surface area contributed by atoms with Gasteiger partial charge in [0.05, 0.1) is 17.4 Å². The quantitative estimate of drug-likeness (QED) is 0.241. The van der Waals surface area contributed by atoms with Crippen molar-refractivity contribution in [3.63, 3.8) is 0 Å². The molecule has 204 valence electrons. The highest BCUT2D eigenvalue weighted by Gasteiger charge is 2.40. The summed E-state index contributed by atoms with van der Waals surface area (Å²) >= 11 is 0. The number of amides is 3. The average molecular weight is 540 g/mol. The second-order valence-electron chi connectivity index (χ2n) is 9.69.